The highest BCUT2D eigenvalue weighted by Crippen LogP contribution is 2.29. The maximum Gasteiger partial charge on any atom is 0.299 e. The van der Waals surface area contributed by atoms with Crippen molar-refractivity contribution in [1.29, 1.82) is 0 Å². The summed E-state index contributed by atoms with van der Waals surface area (Å²) in [6, 6.07) is 6.84. The fraction of sp³-hybridized carbons (Fsp3) is 0.381. The third-order valence-electron chi connectivity index (χ3n) is 5.16. The molecule has 0 aliphatic heterocycles. The monoisotopic (exact) mass is 476 g/mol. The zero-order chi connectivity index (χ0) is 23.7. The highest BCUT2D eigenvalue weighted by atomic mass is 35.5. The number of halogens is 1. The Hall–Kier alpha value is -2.98. The number of nitrogens with zero attached hydrogens (tertiary/aromatic N) is 6. The minimum Gasteiger partial charge on any atom is -0.493 e. The van der Waals surface area contributed by atoms with Crippen LogP contribution in [0.3, 0.4) is 0 Å². The second-order valence-electron chi connectivity index (χ2n) is 7.45. The standard InChI is InChI=1S/C21H25ClN6O3S/c1-6-26-18(29)16(19(30)27(7-2)21(26)32)24-23-15-17(12(3)4)25(5)28(20(15)31)14-10-8-13(22)9-11-14/h8-12,29H,6-7H2,1-5H3/b24-23+. The molecule has 0 bridgehead atoms. The molecule has 3 aromatic rings. The first-order chi connectivity index (χ1) is 15.1. The van der Waals surface area contributed by atoms with Gasteiger partial charge < -0.3 is 5.11 Å². The van der Waals surface area contributed by atoms with E-state index in [9.17, 15) is 14.7 Å². The largest absolute Gasteiger partial charge is 0.493 e. The van der Waals surface area contributed by atoms with Gasteiger partial charge in [-0.3, -0.25) is 23.4 Å². The molecule has 0 unspecified atom stereocenters. The van der Waals surface area contributed by atoms with Crippen LogP contribution in [0.25, 0.3) is 5.69 Å². The van der Waals surface area contributed by atoms with Gasteiger partial charge in [0.1, 0.15) is 0 Å². The van der Waals surface area contributed by atoms with E-state index in [0.717, 1.165) is 0 Å². The molecule has 0 radical (unpaired) electrons. The van der Waals surface area contributed by atoms with Crippen LogP contribution in [0.15, 0.2) is 44.1 Å². The molecule has 0 amide bonds. The molecule has 0 atom stereocenters. The third-order valence-corrected chi connectivity index (χ3v) is 5.86. The predicted molar refractivity (Wildman–Crippen MR) is 127 cm³/mol. The Balaban J connectivity index is 2.26. The van der Waals surface area contributed by atoms with Gasteiger partial charge in [-0.15, -0.1) is 10.2 Å². The van der Waals surface area contributed by atoms with Crippen LogP contribution in [0.5, 0.6) is 5.88 Å². The van der Waals surface area contributed by atoms with Crippen molar-refractivity contribution in [1.82, 2.24) is 18.5 Å². The summed E-state index contributed by atoms with van der Waals surface area (Å²) in [5.41, 5.74) is 0.0976. The van der Waals surface area contributed by atoms with E-state index in [1.807, 2.05) is 13.8 Å². The molecule has 0 aliphatic rings. The first kappa shape index (κ1) is 23.7. The second kappa shape index (κ2) is 9.25. The Labute approximate surface area is 194 Å². The number of hydrogen-bond donors (Lipinski definition) is 1. The Morgan fingerprint density at radius 3 is 2.09 bits per heavy atom. The number of benzene rings is 1. The zero-order valence-electron chi connectivity index (χ0n) is 18.5. The van der Waals surface area contributed by atoms with Crippen LogP contribution in [0.2, 0.25) is 5.02 Å². The molecule has 0 spiro atoms. The van der Waals surface area contributed by atoms with Gasteiger partial charge in [0.25, 0.3) is 11.1 Å². The van der Waals surface area contributed by atoms with Gasteiger partial charge in [-0.05, 0) is 56.2 Å². The normalized spacial score (nSPS) is 11.7. The number of hydrogen-bond acceptors (Lipinski definition) is 6. The Kier molecular flexibility index (Phi) is 6.85. The van der Waals surface area contributed by atoms with E-state index in [1.165, 1.54) is 13.8 Å². The van der Waals surface area contributed by atoms with Gasteiger partial charge in [0, 0.05) is 25.2 Å². The SMILES string of the molecule is CCn1c(O)c(/N=N/c2c(C(C)C)n(C)n(-c3ccc(Cl)cc3)c2=O)c(=O)n(CC)c1=S. The van der Waals surface area contributed by atoms with Crippen molar-refractivity contribution in [2.24, 2.45) is 17.3 Å². The molecule has 0 aliphatic carbocycles. The van der Waals surface area contributed by atoms with Gasteiger partial charge in [-0.1, -0.05) is 25.4 Å². The van der Waals surface area contributed by atoms with Crippen LogP contribution in [0, 0.1) is 4.77 Å². The van der Waals surface area contributed by atoms with Crippen molar-refractivity contribution in [3.63, 3.8) is 0 Å². The molecular formula is C21H25ClN6O3S. The topological polar surface area (TPSA) is 98.8 Å². The Bertz CT molecular complexity index is 1360. The molecule has 2 aromatic heterocycles. The van der Waals surface area contributed by atoms with Gasteiger partial charge in [-0.2, -0.15) is 0 Å². The number of aromatic nitrogens is 4. The van der Waals surface area contributed by atoms with Gasteiger partial charge in [0.2, 0.25) is 11.6 Å². The van der Waals surface area contributed by atoms with E-state index in [1.54, 1.807) is 49.8 Å². The molecule has 2 heterocycles. The highest BCUT2D eigenvalue weighted by molar-refractivity contribution is 7.71. The van der Waals surface area contributed by atoms with Crippen LogP contribution in [-0.2, 0) is 20.1 Å². The van der Waals surface area contributed by atoms with Gasteiger partial charge >= 0.3 is 0 Å². The summed E-state index contributed by atoms with van der Waals surface area (Å²) in [5, 5.41) is 19.3. The molecule has 0 saturated heterocycles. The lowest BCUT2D eigenvalue weighted by molar-refractivity contribution is 0.402. The molecule has 170 valence electrons. The van der Waals surface area contributed by atoms with Crippen LogP contribution < -0.4 is 11.1 Å². The Morgan fingerprint density at radius 2 is 1.56 bits per heavy atom. The summed E-state index contributed by atoms with van der Waals surface area (Å²) < 4.78 is 6.09. The number of rotatable bonds is 6. The van der Waals surface area contributed by atoms with E-state index in [0.29, 0.717) is 29.5 Å². The number of aromatic hydroxyl groups is 1. The van der Waals surface area contributed by atoms with Crippen molar-refractivity contribution >= 4 is 35.2 Å². The van der Waals surface area contributed by atoms with E-state index >= 15 is 0 Å². The highest BCUT2D eigenvalue weighted by Gasteiger charge is 2.22. The maximum atomic E-state index is 13.3. The summed E-state index contributed by atoms with van der Waals surface area (Å²) in [7, 11) is 1.75. The molecule has 0 fully saturated rings. The molecule has 1 aromatic carbocycles. The van der Waals surface area contributed by atoms with E-state index in [4.69, 9.17) is 23.8 Å². The molecule has 3 rings (SSSR count). The lowest BCUT2D eigenvalue weighted by Gasteiger charge is -2.13. The van der Waals surface area contributed by atoms with Crippen molar-refractivity contribution < 1.29 is 5.11 Å². The molecule has 32 heavy (non-hydrogen) atoms. The van der Waals surface area contributed by atoms with Gasteiger partial charge in [-0.25, -0.2) is 4.68 Å². The minimum atomic E-state index is -0.566. The van der Waals surface area contributed by atoms with Crippen molar-refractivity contribution in [3.8, 4) is 11.6 Å². The fourth-order valence-corrected chi connectivity index (χ4v) is 4.20. The van der Waals surface area contributed by atoms with Crippen LogP contribution in [-0.4, -0.2) is 23.6 Å². The smallest absolute Gasteiger partial charge is 0.299 e. The minimum absolute atomic E-state index is 0.0632. The number of azo groups is 1. The molecule has 0 saturated carbocycles. The molecule has 11 heteroatoms. The summed E-state index contributed by atoms with van der Waals surface area (Å²) in [4.78, 5) is 26.1. The van der Waals surface area contributed by atoms with Gasteiger partial charge in [0.05, 0.1) is 11.4 Å². The van der Waals surface area contributed by atoms with Crippen molar-refractivity contribution in [2.75, 3.05) is 0 Å². The Morgan fingerprint density at radius 1 is 1.00 bits per heavy atom. The van der Waals surface area contributed by atoms with Crippen molar-refractivity contribution in [3.05, 3.63) is 60.5 Å². The van der Waals surface area contributed by atoms with E-state index in [2.05, 4.69) is 10.2 Å². The lowest BCUT2D eigenvalue weighted by Crippen LogP contribution is -2.24. The van der Waals surface area contributed by atoms with E-state index in [-0.39, 0.29) is 27.9 Å². The fourth-order valence-electron chi connectivity index (χ4n) is 3.65. The quantitative estimate of drug-likeness (QED) is 0.407. The summed E-state index contributed by atoms with van der Waals surface area (Å²) in [6.07, 6.45) is 0. The average molecular weight is 477 g/mol. The predicted octanol–water partition coefficient (Wildman–Crippen LogP) is 4.81. The summed E-state index contributed by atoms with van der Waals surface area (Å²) >= 11 is 11.3. The first-order valence-corrected chi connectivity index (χ1v) is 11.0. The molecular weight excluding hydrogens is 452 g/mol. The summed E-state index contributed by atoms with van der Waals surface area (Å²) in [5.74, 6) is -0.442. The second-order valence-corrected chi connectivity index (χ2v) is 8.26. The van der Waals surface area contributed by atoms with Crippen LogP contribution >= 0.6 is 23.8 Å². The lowest BCUT2D eigenvalue weighted by atomic mass is 10.1. The molecule has 1 N–H and O–H groups in total. The summed E-state index contributed by atoms with van der Waals surface area (Å²) in [6.45, 7) is 8.08. The van der Waals surface area contributed by atoms with E-state index < -0.39 is 11.1 Å². The van der Waals surface area contributed by atoms with Crippen molar-refractivity contribution in [2.45, 2.75) is 46.7 Å². The maximum absolute atomic E-state index is 13.3. The molecule has 9 nitrogen and oxygen atoms in total. The van der Waals surface area contributed by atoms with Crippen LogP contribution in [0.1, 0.15) is 39.3 Å². The first-order valence-electron chi connectivity index (χ1n) is 10.2. The average Bonchev–Trinajstić information content (AvgIpc) is 2.99. The van der Waals surface area contributed by atoms with Crippen LogP contribution in [0.4, 0.5) is 11.4 Å². The third kappa shape index (κ3) is 3.95. The zero-order valence-corrected chi connectivity index (χ0v) is 20.1. The van der Waals surface area contributed by atoms with Gasteiger partial charge in [0.15, 0.2) is 10.5 Å².